The first-order valence-corrected chi connectivity index (χ1v) is 10.6. The fourth-order valence-corrected chi connectivity index (χ4v) is 3.97. The number of aryl methyl sites for hydroxylation is 1. The monoisotopic (exact) mass is 428 g/mol. The highest BCUT2D eigenvalue weighted by molar-refractivity contribution is 5.85. The van der Waals surface area contributed by atoms with Gasteiger partial charge in [-0.3, -0.25) is 0 Å². The first-order chi connectivity index (χ1) is 15.6. The minimum Gasteiger partial charge on any atom is -0.496 e. The Labute approximate surface area is 189 Å². The Morgan fingerprint density at radius 3 is 2.28 bits per heavy atom. The molecule has 32 heavy (non-hydrogen) atoms. The Balaban J connectivity index is 1.70. The highest BCUT2D eigenvalue weighted by Gasteiger charge is 2.14. The van der Waals surface area contributed by atoms with E-state index in [4.69, 9.17) is 19.2 Å². The van der Waals surface area contributed by atoms with E-state index in [0.29, 0.717) is 13.1 Å². The van der Waals surface area contributed by atoms with Crippen molar-refractivity contribution in [3.63, 3.8) is 0 Å². The number of hydrogen-bond donors (Lipinski definition) is 1. The van der Waals surface area contributed by atoms with Gasteiger partial charge in [0.05, 0.1) is 32.5 Å². The van der Waals surface area contributed by atoms with Crippen molar-refractivity contribution < 1.29 is 14.2 Å². The lowest BCUT2D eigenvalue weighted by atomic mass is 10.0. The molecule has 0 fully saturated rings. The molecule has 0 aliphatic heterocycles. The lowest BCUT2D eigenvalue weighted by Crippen LogP contribution is -2.15. The van der Waals surface area contributed by atoms with Crippen LogP contribution >= 0.6 is 0 Å². The number of nitrogens with one attached hydrogen (secondary N) is 1. The van der Waals surface area contributed by atoms with E-state index in [-0.39, 0.29) is 0 Å². The minimum absolute atomic E-state index is 0.637. The van der Waals surface area contributed by atoms with E-state index >= 15 is 0 Å². The molecular weight excluding hydrogens is 400 g/mol. The van der Waals surface area contributed by atoms with Crippen LogP contribution in [0.4, 0.5) is 0 Å². The van der Waals surface area contributed by atoms with Gasteiger partial charge in [-0.05, 0) is 48.9 Å². The van der Waals surface area contributed by atoms with Gasteiger partial charge in [0.15, 0.2) is 11.5 Å². The van der Waals surface area contributed by atoms with Gasteiger partial charge in [-0.1, -0.05) is 35.9 Å². The van der Waals surface area contributed by atoms with Crippen LogP contribution in [0, 0.1) is 6.92 Å². The molecule has 1 N–H and O–H groups in total. The molecule has 4 rings (SSSR count). The number of methoxy groups -OCH3 is 3. The van der Waals surface area contributed by atoms with E-state index in [1.807, 2.05) is 36.4 Å². The zero-order valence-electron chi connectivity index (χ0n) is 18.9. The molecule has 0 amide bonds. The van der Waals surface area contributed by atoms with Gasteiger partial charge in [0, 0.05) is 29.6 Å². The second-order valence-electron chi connectivity index (χ2n) is 7.65. The second kappa shape index (κ2) is 9.71. The van der Waals surface area contributed by atoms with Gasteiger partial charge in [0.25, 0.3) is 0 Å². The predicted molar refractivity (Wildman–Crippen MR) is 129 cm³/mol. The third kappa shape index (κ3) is 4.39. The maximum atomic E-state index is 5.62. The highest BCUT2D eigenvalue weighted by Crippen LogP contribution is 2.33. The number of aromatic nitrogens is 1. The van der Waals surface area contributed by atoms with E-state index in [0.717, 1.165) is 50.5 Å². The maximum Gasteiger partial charge on any atom is 0.165 e. The normalized spacial score (nSPS) is 10.9. The summed E-state index contributed by atoms with van der Waals surface area (Å²) in [5.41, 5.74) is 6.22. The Bertz CT molecular complexity index is 1240. The van der Waals surface area contributed by atoms with Crippen LogP contribution in [0.2, 0.25) is 0 Å². The van der Waals surface area contributed by atoms with Crippen molar-refractivity contribution in [1.82, 2.24) is 10.3 Å². The summed E-state index contributed by atoms with van der Waals surface area (Å²) in [6.45, 7) is 3.38. The molecule has 1 aromatic heterocycles. The smallest absolute Gasteiger partial charge is 0.165 e. The summed E-state index contributed by atoms with van der Waals surface area (Å²) < 4.78 is 16.6. The van der Waals surface area contributed by atoms with Gasteiger partial charge in [-0.25, -0.2) is 4.98 Å². The molecule has 1 heterocycles. The first kappa shape index (κ1) is 21.7. The van der Waals surface area contributed by atoms with Crippen molar-refractivity contribution >= 4 is 10.9 Å². The standard InChI is InChI=1S/C27H28N2O3/c1-18-12-13-23-20(14-18)15-21(26(29-23)22-9-5-6-10-24(22)30-2)17-28-16-19-8-7-11-25(31-3)27(19)32-4/h5-15,28H,16-17H2,1-4H3. The van der Waals surface area contributed by atoms with E-state index in [1.165, 1.54) is 5.56 Å². The number of hydrogen-bond acceptors (Lipinski definition) is 5. The largest absolute Gasteiger partial charge is 0.496 e. The van der Waals surface area contributed by atoms with E-state index in [2.05, 4.69) is 42.6 Å². The Hall–Kier alpha value is -3.57. The second-order valence-corrected chi connectivity index (χ2v) is 7.65. The molecule has 5 heteroatoms. The fraction of sp³-hybridized carbons (Fsp3) is 0.222. The van der Waals surface area contributed by atoms with Gasteiger partial charge in [-0.2, -0.15) is 0 Å². The number of nitrogens with zero attached hydrogens (tertiary/aromatic N) is 1. The summed E-state index contributed by atoms with van der Waals surface area (Å²) in [6.07, 6.45) is 0. The minimum atomic E-state index is 0.637. The van der Waals surface area contributed by atoms with E-state index in [1.54, 1.807) is 21.3 Å². The topological polar surface area (TPSA) is 52.6 Å². The van der Waals surface area contributed by atoms with Gasteiger partial charge < -0.3 is 19.5 Å². The number of benzene rings is 3. The summed E-state index contributed by atoms with van der Waals surface area (Å²) >= 11 is 0. The Kier molecular flexibility index (Phi) is 6.57. The molecule has 0 radical (unpaired) electrons. The van der Waals surface area contributed by atoms with Gasteiger partial charge in [-0.15, -0.1) is 0 Å². The van der Waals surface area contributed by atoms with Crippen LogP contribution in [0.15, 0.2) is 66.7 Å². The highest BCUT2D eigenvalue weighted by atomic mass is 16.5. The fourth-order valence-electron chi connectivity index (χ4n) is 3.97. The number of ether oxygens (including phenoxy) is 3. The predicted octanol–water partition coefficient (Wildman–Crippen LogP) is 5.53. The summed E-state index contributed by atoms with van der Waals surface area (Å²) in [4.78, 5) is 5.02. The van der Waals surface area contributed by atoms with Crippen molar-refractivity contribution in [2.75, 3.05) is 21.3 Å². The van der Waals surface area contributed by atoms with E-state index in [9.17, 15) is 0 Å². The molecule has 0 saturated heterocycles. The zero-order valence-corrected chi connectivity index (χ0v) is 18.9. The molecule has 164 valence electrons. The SMILES string of the molecule is COc1ccccc1-c1nc2ccc(C)cc2cc1CNCc1cccc(OC)c1OC. The van der Waals surface area contributed by atoms with Crippen LogP contribution in [0.1, 0.15) is 16.7 Å². The molecule has 0 unspecified atom stereocenters. The third-order valence-corrected chi connectivity index (χ3v) is 5.53. The molecule has 3 aromatic carbocycles. The quantitative estimate of drug-likeness (QED) is 0.400. The summed E-state index contributed by atoms with van der Waals surface area (Å²) in [5, 5.41) is 4.68. The van der Waals surface area contributed by atoms with Crippen LogP contribution in [-0.2, 0) is 13.1 Å². The molecule has 0 aliphatic rings. The maximum absolute atomic E-state index is 5.62. The zero-order chi connectivity index (χ0) is 22.5. The molecule has 0 bridgehead atoms. The average Bonchev–Trinajstić information content (AvgIpc) is 2.83. The molecule has 4 aromatic rings. The number of para-hydroxylation sites is 2. The lowest BCUT2D eigenvalue weighted by molar-refractivity contribution is 0.350. The summed E-state index contributed by atoms with van der Waals surface area (Å²) in [6, 6.07) is 22.5. The van der Waals surface area contributed by atoms with Crippen molar-refractivity contribution in [1.29, 1.82) is 0 Å². The van der Waals surface area contributed by atoms with Crippen molar-refractivity contribution in [2.45, 2.75) is 20.0 Å². The van der Waals surface area contributed by atoms with Crippen LogP contribution in [0.25, 0.3) is 22.2 Å². The molecular formula is C27H28N2O3. The van der Waals surface area contributed by atoms with Crippen molar-refractivity contribution in [2.24, 2.45) is 0 Å². The average molecular weight is 429 g/mol. The van der Waals surface area contributed by atoms with Gasteiger partial charge in [0.1, 0.15) is 5.75 Å². The molecule has 0 spiro atoms. The van der Waals surface area contributed by atoms with Crippen LogP contribution < -0.4 is 19.5 Å². The van der Waals surface area contributed by atoms with Crippen molar-refractivity contribution in [3.8, 4) is 28.5 Å². The molecule has 0 aliphatic carbocycles. The van der Waals surface area contributed by atoms with Gasteiger partial charge >= 0.3 is 0 Å². The number of rotatable bonds is 8. The Morgan fingerprint density at radius 2 is 1.50 bits per heavy atom. The molecule has 5 nitrogen and oxygen atoms in total. The van der Waals surface area contributed by atoms with Crippen LogP contribution in [-0.4, -0.2) is 26.3 Å². The molecule has 0 saturated carbocycles. The van der Waals surface area contributed by atoms with E-state index < -0.39 is 0 Å². The third-order valence-electron chi connectivity index (χ3n) is 5.53. The first-order valence-electron chi connectivity index (χ1n) is 10.6. The number of pyridine rings is 1. The lowest BCUT2D eigenvalue weighted by Gasteiger charge is -2.16. The molecule has 0 atom stereocenters. The van der Waals surface area contributed by atoms with Gasteiger partial charge in [0.2, 0.25) is 0 Å². The van der Waals surface area contributed by atoms with Crippen LogP contribution in [0.5, 0.6) is 17.2 Å². The summed E-state index contributed by atoms with van der Waals surface area (Å²) in [7, 11) is 5.00. The summed E-state index contributed by atoms with van der Waals surface area (Å²) in [5.74, 6) is 2.28. The van der Waals surface area contributed by atoms with Crippen molar-refractivity contribution in [3.05, 3.63) is 83.4 Å². The Morgan fingerprint density at radius 1 is 0.750 bits per heavy atom. The van der Waals surface area contributed by atoms with Crippen LogP contribution in [0.3, 0.4) is 0 Å². The number of fused-ring (bicyclic) bond motifs is 1.